The fraction of sp³-hybridized carbons (Fsp3) is 0.625. The fourth-order valence-corrected chi connectivity index (χ4v) is 3.17. The molecule has 0 amide bonds. The Balaban J connectivity index is 1.78. The van der Waals surface area contributed by atoms with Gasteiger partial charge in [0.2, 0.25) is 0 Å². The Morgan fingerprint density at radius 3 is 2.58 bits per heavy atom. The second-order valence-electron chi connectivity index (χ2n) is 5.57. The maximum atomic E-state index is 10.2. The Hall–Kier alpha value is -0.570. The third-order valence-corrected chi connectivity index (χ3v) is 4.63. The molecule has 19 heavy (non-hydrogen) atoms. The Morgan fingerprint density at radius 2 is 1.95 bits per heavy atom. The van der Waals surface area contributed by atoms with Gasteiger partial charge < -0.3 is 10.4 Å². The molecular formula is C16H24ClNO. The standard InChI is InChI=1S/C16H24ClNO/c1-2-12-7-9-13(10-8-12)18-11-16(19)14-5-3-4-6-15(14)17/h3-6,12-13,16,18-19H,2,7-11H2,1H3. The molecule has 3 heteroatoms. The maximum absolute atomic E-state index is 10.2. The molecule has 1 unspecified atom stereocenters. The molecule has 0 aromatic heterocycles. The Kier molecular flexibility index (Phi) is 5.68. The van der Waals surface area contributed by atoms with Gasteiger partial charge in [0.05, 0.1) is 6.10 Å². The van der Waals surface area contributed by atoms with Gasteiger partial charge in [-0.1, -0.05) is 43.1 Å². The van der Waals surface area contributed by atoms with E-state index in [4.69, 9.17) is 11.6 Å². The van der Waals surface area contributed by atoms with Gasteiger partial charge in [0.1, 0.15) is 0 Å². The molecule has 2 rings (SSSR count). The van der Waals surface area contributed by atoms with E-state index >= 15 is 0 Å². The van der Waals surface area contributed by atoms with E-state index in [9.17, 15) is 5.11 Å². The van der Waals surface area contributed by atoms with Gasteiger partial charge >= 0.3 is 0 Å². The van der Waals surface area contributed by atoms with Crippen LogP contribution >= 0.6 is 11.6 Å². The van der Waals surface area contributed by atoms with Crippen LogP contribution in [-0.2, 0) is 0 Å². The average molecular weight is 282 g/mol. The summed E-state index contributed by atoms with van der Waals surface area (Å²) in [6.07, 6.45) is 5.88. The third kappa shape index (κ3) is 4.20. The minimum Gasteiger partial charge on any atom is -0.387 e. The topological polar surface area (TPSA) is 32.3 Å². The van der Waals surface area contributed by atoms with E-state index in [-0.39, 0.29) is 0 Å². The van der Waals surface area contributed by atoms with Crippen molar-refractivity contribution in [3.63, 3.8) is 0 Å². The lowest BCUT2D eigenvalue weighted by Crippen LogP contribution is -2.35. The minimum absolute atomic E-state index is 0.516. The van der Waals surface area contributed by atoms with Crippen LogP contribution < -0.4 is 5.32 Å². The zero-order valence-electron chi connectivity index (χ0n) is 11.6. The number of benzene rings is 1. The third-order valence-electron chi connectivity index (χ3n) is 4.29. The highest BCUT2D eigenvalue weighted by atomic mass is 35.5. The van der Waals surface area contributed by atoms with Crippen LogP contribution in [0.2, 0.25) is 5.02 Å². The van der Waals surface area contributed by atoms with E-state index < -0.39 is 6.10 Å². The zero-order chi connectivity index (χ0) is 13.7. The van der Waals surface area contributed by atoms with E-state index in [1.165, 1.54) is 32.1 Å². The van der Waals surface area contributed by atoms with Crippen LogP contribution in [0.15, 0.2) is 24.3 Å². The van der Waals surface area contributed by atoms with Crippen molar-refractivity contribution in [1.29, 1.82) is 0 Å². The average Bonchev–Trinajstić information content (AvgIpc) is 2.46. The summed E-state index contributed by atoms with van der Waals surface area (Å²) in [4.78, 5) is 0. The first-order valence-corrected chi connectivity index (χ1v) is 7.74. The number of hydrogen-bond acceptors (Lipinski definition) is 2. The lowest BCUT2D eigenvalue weighted by Gasteiger charge is -2.29. The lowest BCUT2D eigenvalue weighted by molar-refractivity contribution is 0.162. The molecule has 0 radical (unpaired) electrons. The van der Waals surface area contributed by atoms with Gasteiger partial charge in [0.15, 0.2) is 0 Å². The highest BCUT2D eigenvalue weighted by Crippen LogP contribution is 2.27. The molecular weight excluding hydrogens is 258 g/mol. The highest BCUT2D eigenvalue weighted by Gasteiger charge is 2.20. The largest absolute Gasteiger partial charge is 0.387 e. The molecule has 2 nitrogen and oxygen atoms in total. The number of nitrogens with one attached hydrogen (secondary N) is 1. The number of halogens is 1. The van der Waals surface area contributed by atoms with Crippen molar-refractivity contribution >= 4 is 11.6 Å². The van der Waals surface area contributed by atoms with Gasteiger partial charge in [-0.3, -0.25) is 0 Å². The molecule has 0 saturated heterocycles. The monoisotopic (exact) mass is 281 g/mol. The van der Waals surface area contributed by atoms with E-state index in [0.29, 0.717) is 17.6 Å². The molecule has 0 heterocycles. The van der Waals surface area contributed by atoms with Crippen molar-refractivity contribution in [3.05, 3.63) is 34.9 Å². The summed E-state index contributed by atoms with van der Waals surface area (Å²) in [6, 6.07) is 8.07. The van der Waals surface area contributed by atoms with Crippen LogP contribution in [0.3, 0.4) is 0 Å². The molecule has 0 spiro atoms. The number of hydrogen-bond donors (Lipinski definition) is 2. The minimum atomic E-state index is -0.516. The summed E-state index contributed by atoms with van der Waals surface area (Å²) in [5.74, 6) is 0.909. The van der Waals surface area contributed by atoms with Gasteiger partial charge in [0, 0.05) is 23.2 Å². The van der Waals surface area contributed by atoms with Crippen molar-refractivity contribution in [3.8, 4) is 0 Å². The van der Waals surface area contributed by atoms with E-state index in [0.717, 1.165) is 11.5 Å². The predicted octanol–water partition coefficient (Wildman–Crippen LogP) is 3.93. The number of rotatable bonds is 5. The molecule has 1 fully saturated rings. The second-order valence-corrected chi connectivity index (χ2v) is 5.98. The van der Waals surface area contributed by atoms with E-state index in [2.05, 4.69) is 12.2 Å². The summed E-state index contributed by atoms with van der Waals surface area (Å²) in [7, 11) is 0. The van der Waals surface area contributed by atoms with Crippen LogP contribution in [0.1, 0.15) is 50.7 Å². The molecule has 1 aromatic carbocycles. The molecule has 1 aliphatic carbocycles. The molecule has 1 aliphatic rings. The highest BCUT2D eigenvalue weighted by molar-refractivity contribution is 6.31. The molecule has 0 bridgehead atoms. The number of aliphatic hydroxyl groups is 1. The van der Waals surface area contributed by atoms with Crippen molar-refractivity contribution in [2.75, 3.05) is 6.54 Å². The van der Waals surface area contributed by atoms with Gasteiger partial charge in [0.25, 0.3) is 0 Å². The predicted molar refractivity (Wildman–Crippen MR) is 80.5 cm³/mol. The summed E-state index contributed by atoms with van der Waals surface area (Å²) < 4.78 is 0. The van der Waals surface area contributed by atoms with E-state index in [1.807, 2.05) is 24.3 Å². The SMILES string of the molecule is CCC1CCC(NCC(O)c2ccccc2Cl)CC1. The van der Waals surface area contributed by atoms with Crippen molar-refractivity contribution in [1.82, 2.24) is 5.32 Å². The molecule has 0 aliphatic heterocycles. The zero-order valence-corrected chi connectivity index (χ0v) is 12.4. The van der Waals surface area contributed by atoms with Crippen LogP contribution in [0, 0.1) is 5.92 Å². The summed E-state index contributed by atoms with van der Waals surface area (Å²) >= 11 is 6.09. The fourth-order valence-electron chi connectivity index (χ4n) is 2.91. The van der Waals surface area contributed by atoms with Gasteiger partial charge in [-0.25, -0.2) is 0 Å². The van der Waals surface area contributed by atoms with Crippen LogP contribution in [0.4, 0.5) is 0 Å². The normalized spacial score (nSPS) is 25.2. The Morgan fingerprint density at radius 1 is 1.26 bits per heavy atom. The summed E-state index contributed by atoms with van der Waals surface area (Å²) in [5.41, 5.74) is 0.818. The molecule has 2 N–H and O–H groups in total. The summed E-state index contributed by atoms with van der Waals surface area (Å²) in [5, 5.41) is 14.3. The van der Waals surface area contributed by atoms with Crippen LogP contribution in [0.5, 0.6) is 0 Å². The second kappa shape index (κ2) is 7.28. The Bertz CT molecular complexity index is 388. The van der Waals surface area contributed by atoms with Crippen LogP contribution in [0.25, 0.3) is 0 Å². The quantitative estimate of drug-likeness (QED) is 0.857. The van der Waals surface area contributed by atoms with Gasteiger partial charge in [-0.2, -0.15) is 0 Å². The lowest BCUT2D eigenvalue weighted by atomic mass is 9.84. The van der Waals surface area contributed by atoms with Crippen molar-refractivity contribution < 1.29 is 5.11 Å². The van der Waals surface area contributed by atoms with Crippen molar-refractivity contribution in [2.24, 2.45) is 5.92 Å². The number of aliphatic hydroxyl groups excluding tert-OH is 1. The van der Waals surface area contributed by atoms with Gasteiger partial charge in [-0.05, 0) is 37.7 Å². The molecule has 1 atom stereocenters. The smallest absolute Gasteiger partial charge is 0.0928 e. The van der Waals surface area contributed by atoms with Crippen molar-refractivity contribution in [2.45, 2.75) is 51.2 Å². The molecule has 106 valence electrons. The molecule has 1 saturated carbocycles. The molecule has 1 aromatic rings. The van der Waals surface area contributed by atoms with E-state index in [1.54, 1.807) is 0 Å². The Labute approximate surface area is 121 Å². The van der Waals surface area contributed by atoms with Gasteiger partial charge in [-0.15, -0.1) is 0 Å². The first-order chi connectivity index (χ1) is 9.20. The summed E-state index contributed by atoms with van der Waals surface area (Å²) in [6.45, 7) is 2.87. The maximum Gasteiger partial charge on any atom is 0.0928 e. The first kappa shape index (κ1) is 14.8. The first-order valence-electron chi connectivity index (χ1n) is 7.36. The van der Waals surface area contributed by atoms with Crippen LogP contribution in [-0.4, -0.2) is 17.7 Å².